The standard InChI is InChI=1S/C16H15ClF2N2.ClH/c17-12-2-3-13-11(9-12)1-4-14(20-13)21-7-5-15(6-8-21)10-16(15,18)19;/h1-4,9H,5-8,10H2;1H. The lowest BCUT2D eigenvalue weighted by Gasteiger charge is -2.33. The van der Waals surface area contributed by atoms with Crippen LogP contribution in [-0.2, 0) is 0 Å². The highest BCUT2D eigenvalue weighted by Crippen LogP contribution is 2.65. The second kappa shape index (κ2) is 5.20. The summed E-state index contributed by atoms with van der Waals surface area (Å²) < 4.78 is 26.8. The van der Waals surface area contributed by atoms with E-state index >= 15 is 0 Å². The fourth-order valence-corrected chi connectivity index (χ4v) is 3.53. The van der Waals surface area contributed by atoms with Gasteiger partial charge in [-0.15, -0.1) is 12.4 Å². The molecule has 0 atom stereocenters. The van der Waals surface area contributed by atoms with Gasteiger partial charge in [-0.05, 0) is 43.2 Å². The van der Waals surface area contributed by atoms with Crippen LogP contribution in [0.1, 0.15) is 19.3 Å². The fraction of sp³-hybridized carbons (Fsp3) is 0.438. The molecule has 0 N–H and O–H groups in total. The molecule has 1 aromatic carbocycles. The van der Waals surface area contributed by atoms with Gasteiger partial charge in [0.05, 0.1) is 5.52 Å². The number of rotatable bonds is 1. The number of aromatic nitrogens is 1. The van der Waals surface area contributed by atoms with E-state index in [1.54, 1.807) is 0 Å². The minimum atomic E-state index is -2.44. The van der Waals surface area contributed by atoms with Crippen molar-refractivity contribution >= 4 is 40.7 Å². The molecule has 1 saturated carbocycles. The highest BCUT2D eigenvalue weighted by Gasteiger charge is 2.70. The van der Waals surface area contributed by atoms with Crippen molar-refractivity contribution in [1.82, 2.24) is 4.98 Å². The Morgan fingerprint density at radius 1 is 1.09 bits per heavy atom. The van der Waals surface area contributed by atoms with Gasteiger partial charge in [-0.1, -0.05) is 11.6 Å². The Morgan fingerprint density at radius 2 is 1.77 bits per heavy atom. The van der Waals surface area contributed by atoms with Crippen molar-refractivity contribution in [2.24, 2.45) is 5.41 Å². The van der Waals surface area contributed by atoms with Crippen molar-refractivity contribution in [1.29, 1.82) is 0 Å². The summed E-state index contributed by atoms with van der Waals surface area (Å²) in [7, 11) is 0. The van der Waals surface area contributed by atoms with Crippen LogP contribution in [0.3, 0.4) is 0 Å². The van der Waals surface area contributed by atoms with E-state index < -0.39 is 11.3 Å². The second-order valence-electron chi connectivity index (χ2n) is 6.16. The summed E-state index contributed by atoms with van der Waals surface area (Å²) >= 11 is 5.96. The largest absolute Gasteiger partial charge is 0.357 e. The molecule has 1 aliphatic heterocycles. The first kappa shape index (κ1) is 15.8. The molecule has 118 valence electrons. The maximum atomic E-state index is 13.4. The molecule has 0 amide bonds. The molecular weight excluding hydrogens is 329 g/mol. The number of piperidine rings is 1. The van der Waals surface area contributed by atoms with Crippen molar-refractivity contribution < 1.29 is 8.78 Å². The minimum absolute atomic E-state index is 0. The lowest BCUT2D eigenvalue weighted by Crippen LogP contribution is -2.36. The van der Waals surface area contributed by atoms with E-state index in [1.165, 1.54) is 0 Å². The van der Waals surface area contributed by atoms with Crippen LogP contribution in [0.4, 0.5) is 14.6 Å². The topological polar surface area (TPSA) is 16.1 Å². The quantitative estimate of drug-likeness (QED) is 0.728. The number of hydrogen-bond acceptors (Lipinski definition) is 2. The molecule has 4 rings (SSSR count). The zero-order valence-electron chi connectivity index (χ0n) is 11.9. The third-order valence-electron chi connectivity index (χ3n) is 4.89. The Morgan fingerprint density at radius 3 is 2.41 bits per heavy atom. The fourth-order valence-electron chi connectivity index (χ4n) is 3.35. The van der Waals surface area contributed by atoms with Gasteiger partial charge in [0.1, 0.15) is 5.82 Å². The van der Waals surface area contributed by atoms with E-state index in [-0.39, 0.29) is 18.8 Å². The first-order chi connectivity index (χ1) is 9.99. The highest BCUT2D eigenvalue weighted by atomic mass is 35.5. The number of fused-ring (bicyclic) bond motifs is 1. The number of nitrogens with zero attached hydrogens (tertiary/aromatic N) is 2. The summed E-state index contributed by atoms with van der Waals surface area (Å²) in [6, 6.07) is 9.52. The van der Waals surface area contributed by atoms with Crippen LogP contribution >= 0.6 is 24.0 Å². The summed E-state index contributed by atoms with van der Waals surface area (Å²) in [5.74, 6) is -1.57. The zero-order chi connectivity index (χ0) is 14.7. The minimum Gasteiger partial charge on any atom is -0.357 e. The number of halogens is 4. The summed E-state index contributed by atoms with van der Waals surface area (Å²) in [5.41, 5.74) is 0.169. The molecule has 0 unspecified atom stereocenters. The predicted octanol–water partition coefficient (Wildman–Crippen LogP) is 4.94. The average Bonchev–Trinajstić information content (AvgIpc) is 2.99. The first-order valence-electron chi connectivity index (χ1n) is 7.18. The van der Waals surface area contributed by atoms with Crippen molar-refractivity contribution in [2.45, 2.75) is 25.2 Å². The summed E-state index contributed by atoms with van der Waals surface area (Å²) in [6.07, 6.45) is 1.18. The van der Waals surface area contributed by atoms with Crippen LogP contribution in [0, 0.1) is 5.41 Å². The second-order valence-corrected chi connectivity index (χ2v) is 6.59. The molecule has 2 heterocycles. The third-order valence-corrected chi connectivity index (χ3v) is 5.13. The summed E-state index contributed by atoms with van der Waals surface area (Å²) in [4.78, 5) is 6.73. The lowest BCUT2D eigenvalue weighted by atomic mass is 9.93. The van der Waals surface area contributed by atoms with Crippen molar-refractivity contribution in [3.05, 3.63) is 35.4 Å². The van der Waals surface area contributed by atoms with Crippen LogP contribution in [0.5, 0.6) is 0 Å². The Hall–Kier alpha value is -1.13. The van der Waals surface area contributed by atoms with E-state index in [0.717, 1.165) is 16.7 Å². The van der Waals surface area contributed by atoms with Crippen LogP contribution < -0.4 is 4.90 Å². The number of hydrogen-bond donors (Lipinski definition) is 0. The Bertz CT molecular complexity index is 712. The van der Waals surface area contributed by atoms with Gasteiger partial charge in [0.15, 0.2) is 0 Å². The smallest absolute Gasteiger partial charge is 0.254 e. The van der Waals surface area contributed by atoms with Gasteiger partial charge in [0.25, 0.3) is 5.92 Å². The molecule has 2 aliphatic rings. The van der Waals surface area contributed by atoms with Crippen LogP contribution in [-0.4, -0.2) is 24.0 Å². The number of benzene rings is 1. The molecule has 2 fully saturated rings. The van der Waals surface area contributed by atoms with Gasteiger partial charge in [-0.25, -0.2) is 13.8 Å². The van der Waals surface area contributed by atoms with Gasteiger partial charge < -0.3 is 4.90 Å². The molecule has 2 aromatic rings. The van der Waals surface area contributed by atoms with E-state index in [9.17, 15) is 8.78 Å². The van der Waals surface area contributed by atoms with Crippen LogP contribution in [0.25, 0.3) is 10.9 Å². The average molecular weight is 345 g/mol. The molecule has 1 aliphatic carbocycles. The van der Waals surface area contributed by atoms with E-state index in [2.05, 4.69) is 9.88 Å². The highest BCUT2D eigenvalue weighted by molar-refractivity contribution is 6.31. The molecule has 1 spiro atoms. The van der Waals surface area contributed by atoms with Crippen molar-refractivity contribution in [3.63, 3.8) is 0 Å². The third kappa shape index (κ3) is 2.42. The summed E-state index contributed by atoms with van der Waals surface area (Å²) in [5, 5.41) is 1.68. The van der Waals surface area contributed by atoms with Gasteiger partial charge in [0, 0.05) is 35.3 Å². The number of alkyl halides is 2. The molecular formula is C16H16Cl2F2N2. The first-order valence-corrected chi connectivity index (χ1v) is 7.56. The SMILES string of the molecule is Cl.FC1(F)CC12CCN(c1ccc3cc(Cl)ccc3n1)CC2. The van der Waals surface area contributed by atoms with Gasteiger partial charge in [-0.3, -0.25) is 0 Å². The zero-order valence-corrected chi connectivity index (χ0v) is 13.4. The molecule has 1 aromatic heterocycles. The molecule has 0 radical (unpaired) electrons. The maximum absolute atomic E-state index is 13.4. The Balaban J connectivity index is 0.00000144. The summed E-state index contributed by atoms with van der Waals surface area (Å²) in [6.45, 7) is 1.31. The molecule has 1 saturated heterocycles. The van der Waals surface area contributed by atoms with Gasteiger partial charge >= 0.3 is 0 Å². The van der Waals surface area contributed by atoms with E-state index in [0.29, 0.717) is 31.0 Å². The predicted molar refractivity (Wildman–Crippen MR) is 87.4 cm³/mol. The lowest BCUT2D eigenvalue weighted by molar-refractivity contribution is 0.0536. The Kier molecular flexibility index (Phi) is 3.73. The van der Waals surface area contributed by atoms with Crippen molar-refractivity contribution in [3.8, 4) is 0 Å². The van der Waals surface area contributed by atoms with Crippen molar-refractivity contribution in [2.75, 3.05) is 18.0 Å². The van der Waals surface area contributed by atoms with Gasteiger partial charge in [-0.2, -0.15) is 0 Å². The monoisotopic (exact) mass is 344 g/mol. The molecule has 2 nitrogen and oxygen atoms in total. The number of pyridine rings is 1. The van der Waals surface area contributed by atoms with E-state index in [4.69, 9.17) is 11.6 Å². The Labute approximate surface area is 138 Å². The maximum Gasteiger partial charge on any atom is 0.254 e. The van der Waals surface area contributed by atoms with E-state index in [1.807, 2.05) is 30.3 Å². The van der Waals surface area contributed by atoms with Crippen LogP contribution in [0.2, 0.25) is 5.02 Å². The normalized spacial score (nSPS) is 21.7. The molecule has 6 heteroatoms. The molecule has 22 heavy (non-hydrogen) atoms. The van der Waals surface area contributed by atoms with Crippen LogP contribution in [0.15, 0.2) is 30.3 Å². The van der Waals surface area contributed by atoms with Gasteiger partial charge in [0.2, 0.25) is 0 Å². The number of anilines is 1. The molecule has 0 bridgehead atoms.